The maximum absolute atomic E-state index is 12.5. The lowest BCUT2D eigenvalue weighted by molar-refractivity contribution is -0.121. The second kappa shape index (κ2) is 8.65. The Balaban J connectivity index is 1.49. The van der Waals surface area contributed by atoms with E-state index in [2.05, 4.69) is 5.32 Å². The van der Waals surface area contributed by atoms with Crippen molar-refractivity contribution >= 4 is 11.8 Å². The number of hydrogen-bond acceptors (Lipinski definition) is 5. The maximum Gasteiger partial charge on any atom is 0.254 e. The first-order valence-corrected chi connectivity index (χ1v) is 9.19. The largest absolute Gasteiger partial charge is 0.508 e. The predicted octanol–water partition coefficient (Wildman–Crippen LogP) is 2.07. The highest BCUT2D eigenvalue weighted by Crippen LogP contribution is 2.23. The Labute approximate surface area is 163 Å². The van der Waals surface area contributed by atoms with Crippen LogP contribution in [0.1, 0.15) is 28.8 Å². The molecule has 148 valence electrons. The van der Waals surface area contributed by atoms with Crippen molar-refractivity contribution in [2.45, 2.75) is 25.3 Å². The zero-order valence-corrected chi connectivity index (χ0v) is 15.7. The van der Waals surface area contributed by atoms with E-state index in [0.717, 1.165) is 11.3 Å². The van der Waals surface area contributed by atoms with Crippen LogP contribution in [0.15, 0.2) is 42.5 Å². The molecule has 2 aromatic carbocycles. The summed E-state index contributed by atoms with van der Waals surface area (Å²) in [7, 11) is 1.60. The Kier molecular flexibility index (Phi) is 6.03. The highest BCUT2D eigenvalue weighted by atomic mass is 16.5. The molecule has 0 unspecified atom stereocenters. The third-order valence-electron chi connectivity index (χ3n) is 4.82. The van der Waals surface area contributed by atoms with Crippen molar-refractivity contribution in [2.75, 3.05) is 20.2 Å². The maximum atomic E-state index is 12.5. The van der Waals surface area contributed by atoms with Gasteiger partial charge in [-0.15, -0.1) is 0 Å². The summed E-state index contributed by atoms with van der Waals surface area (Å²) in [6.07, 6.45) is 1.61. The highest BCUT2D eigenvalue weighted by molar-refractivity contribution is 5.95. The first kappa shape index (κ1) is 19.5. The van der Waals surface area contributed by atoms with Gasteiger partial charge in [-0.3, -0.25) is 9.59 Å². The lowest BCUT2D eigenvalue weighted by atomic mass is 10.0. The molecule has 2 amide bonds. The van der Waals surface area contributed by atoms with Gasteiger partial charge in [0.25, 0.3) is 5.91 Å². The number of piperidine rings is 1. The van der Waals surface area contributed by atoms with Gasteiger partial charge in [-0.2, -0.15) is 0 Å². The molecule has 3 N–H and O–H groups in total. The molecule has 0 radical (unpaired) electrons. The van der Waals surface area contributed by atoms with Crippen LogP contribution >= 0.6 is 0 Å². The number of ether oxygens (including phenoxy) is 1. The van der Waals surface area contributed by atoms with E-state index in [1.807, 2.05) is 24.3 Å². The molecule has 0 saturated carbocycles. The summed E-state index contributed by atoms with van der Waals surface area (Å²) in [4.78, 5) is 26.5. The number of rotatable bonds is 5. The molecule has 0 spiro atoms. The quantitative estimate of drug-likeness (QED) is 0.733. The molecule has 0 atom stereocenters. The Hall–Kier alpha value is -3.22. The minimum Gasteiger partial charge on any atom is -0.508 e. The molecule has 28 heavy (non-hydrogen) atoms. The molecule has 3 rings (SSSR count). The fourth-order valence-corrected chi connectivity index (χ4v) is 3.34. The van der Waals surface area contributed by atoms with Crippen molar-refractivity contribution in [2.24, 2.45) is 0 Å². The molecule has 1 aliphatic heterocycles. The van der Waals surface area contributed by atoms with Crippen LogP contribution in [0, 0.1) is 0 Å². The summed E-state index contributed by atoms with van der Waals surface area (Å²) < 4.78 is 5.11. The lowest BCUT2D eigenvalue weighted by Gasteiger charge is -2.32. The smallest absolute Gasteiger partial charge is 0.254 e. The summed E-state index contributed by atoms with van der Waals surface area (Å²) in [5, 5.41) is 22.1. The van der Waals surface area contributed by atoms with Crippen LogP contribution in [-0.2, 0) is 11.2 Å². The number of phenolic OH excluding ortho intramolecular Hbond substituents is 2. The molecule has 2 aromatic rings. The first-order valence-electron chi connectivity index (χ1n) is 9.19. The number of carbonyl (C=O) groups is 2. The molecule has 7 heteroatoms. The van der Waals surface area contributed by atoms with Gasteiger partial charge in [0.1, 0.15) is 17.2 Å². The van der Waals surface area contributed by atoms with Gasteiger partial charge in [0.05, 0.1) is 13.5 Å². The molecule has 1 fully saturated rings. The Bertz CT molecular complexity index is 822. The van der Waals surface area contributed by atoms with Crippen molar-refractivity contribution < 1.29 is 24.5 Å². The third kappa shape index (κ3) is 4.94. The highest BCUT2D eigenvalue weighted by Gasteiger charge is 2.25. The normalized spacial score (nSPS) is 14.5. The van der Waals surface area contributed by atoms with E-state index in [-0.39, 0.29) is 34.9 Å². The van der Waals surface area contributed by atoms with E-state index in [0.29, 0.717) is 32.4 Å². The van der Waals surface area contributed by atoms with Crippen molar-refractivity contribution in [3.63, 3.8) is 0 Å². The number of hydrogen-bond donors (Lipinski definition) is 3. The number of nitrogens with zero attached hydrogens (tertiary/aromatic N) is 1. The van der Waals surface area contributed by atoms with Crippen LogP contribution in [0.25, 0.3) is 0 Å². The average molecular weight is 384 g/mol. The van der Waals surface area contributed by atoms with Crippen LogP contribution in [0.5, 0.6) is 17.2 Å². The Morgan fingerprint density at radius 2 is 1.68 bits per heavy atom. The molecule has 7 nitrogen and oxygen atoms in total. The van der Waals surface area contributed by atoms with Gasteiger partial charge in [-0.05, 0) is 42.7 Å². The summed E-state index contributed by atoms with van der Waals surface area (Å²) in [6, 6.07) is 11.3. The SMILES string of the molecule is COc1ccc(CC(=O)NC2CCN(C(=O)c3cc(O)cc(O)c3)CC2)cc1. The Morgan fingerprint density at radius 1 is 1.07 bits per heavy atom. The number of carbonyl (C=O) groups excluding carboxylic acids is 2. The summed E-state index contributed by atoms with van der Waals surface area (Å²) in [6.45, 7) is 1.01. The van der Waals surface area contributed by atoms with E-state index in [1.165, 1.54) is 18.2 Å². The number of amides is 2. The van der Waals surface area contributed by atoms with Gasteiger partial charge in [0.15, 0.2) is 0 Å². The number of nitrogens with one attached hydrogen (secondary N) is 1. The van der Waals surface area contributed by atoms with Crippen molar-refractivity contribution in [3.05, 3.63) is 53.6 Å². The van der Waals surface area contributed by atoms with E-state index in [9.17, 15) is 19.8 Å². The molecule has 0 aliphatic carbocycles. The number of methoxy groups -OCH3 is 1. The van der Waals surface area contributed by atoms with Gasteiger partial charge in [0, 0.05) is 30.8 Å². The number of likely N-dealkylation sites (tertiary alicyclic amines) is 1. The van der Waals surface area contributed by atoms with E-state index in [4.69, 9.17) is 4.74 Å². The summed E-state index contributed by atoms with van der Waals surface area (Å²) in [5.41, 5.74) is 1.16. The van der Waals surface area contributed by atoms with Gasteiger partial charge >= 0.3 is 0 Å². The van der Waals surface area contributed by atoms with Gasteiger partial charge in [0.2, 0.25) is 5.91 Å². The van der Waals surface area contributed by atoms with E-state index in [1.54, 1.807) is 12.0 Å². The zero-order chi connectivity index (χ0) is 20.1. The van der Waals surface area contributed by atoms with Gasteiger partial charge < -0.3 is 25.2 Å². The fraction of sp³-hybridized carbons (Fsp3) is 0.333. The van der Waals surface area contributed by atoms with Gasteiger partial charge in [-0.25, -0.2) is 0 Å². The first-order chi connectivity index (χ1) is 13.4. The molecule has 0 aromatic heterocycles. The monoisotopic (exact) mass is 384 g/mol. The Morgan fingerprint density at radius 3 is 2.25 bits per heavy atom. The zero-order valence-electron chi connectivity index (χ0n) is 15.7. The number of benzene rings is 2. The van der Waals surface area contributed by atoms with E-state index < -0.39 is 0 Å². The molecule has 1 heterocycles. The third-order valence-corrected chi connectivity index (χ3v) is 4.82. The van der Waals surface area contributed by atoms with Crippen LogP contribution in [-0.4, -0.2) is 53.2 Å². The molecular weight excluding hydrogens is 360 g/mol. The predicted molar refractivity (Wildman–Crippen MR) is 104 cm³/mol. The van der Waals surface area contributed by atoms with E-state index >= 15 is 0 Å². The number of aromatic hydroxyl groups is 2. The van der Waals surface area contributed by atoms with Crippen LogP contribution < -0.4 is 10.1 Å². The molecular formula is C21H24N2O5. The lowest BCUT2D eigenvalue weighted by Crippen LogP contribution is -2.46. The van der Waals surface area contributed by atoms with Crippen LogP contribution in [0.2, 0.25) is 0 Å². The second-order valence-electron chi connectivity index (χ2n) is 6.90. The van der Waals surface area contributed by atoms with Gasteiger partial charge in [-0.1, -0.05) is 12.1 Å². The van der Waals surface area contributed by atoms with Crippen molar-refractivity contribution in [1.29, 1.82) is 0 Å². The second-order valence-corrected chi connectivity index (χ2v) is 6.90. The van der Waals surface area contributed by atoms with Crippen LogP contribution in [0.3, 0.4) is 0 Å². The minimum absolute atomic E-state index is 0.0207. The molecule has 0 bridgehead atoms. The van der Waals surface area contributed by atoms with Crippen molar-refractivity contribution in [1.82, 2.24) is 10.2 Å². The topological polar surface area (TPSA) is 99.1 Å². The molecule has 1 aliphatic rings. The fourth-order valence-electron chi connectivity index (χ4n) is 3.34. The summed E-state index contributed by atoms with van der Waals surface area (Å²) >= 11 is 0. The average Bonchev–Trinajstić information content (AvgIpc) is 2.68. The molecule has 1 saturated heterocycles. The number of phenols is 2. The van der Waals surface area contributed by atoms with Crippen LogP contribution in [0.4, 0.5) is 0 Å². The minimum atomic E-state index is -0.241. The summed E-state index contributed by atoms with van der Waals surface area (Å²) in [5.74, 6) is 0.163. The standard InChI is InChI=1S/C21H24N2O5/c1-28-19-4-2-14(3-5-19)10-20(26)22-16-6-8-23(9-7-16)21(27)15-11-17(24)13-18(25)12-15/h2-5,11-13,16,24-25H,6-10H2,1H3,(H,22,26). The van der Waals surface area contributed by atoms with Crippen molar-refractivity contribution in [3.8, 4) is 17.2 Å².